The minimum atomic E-state index is -0.979. The Balaban J connectivity index is 2.14. The van der Waals surface area contributed by atoms with Crippen LogP contribution in [0.4, 0.5) is 0 Å². The van der Waals surface area contributed by atoms with Gasteiger partial charge < -0.3 is 19.5 Å². The normalized spacial score (nSPS) is 15.0. The van der Waals surface area contributed by atoms with Gasteiger partial charge in [-0.25, -0.2) is 4.79 Å². The number of carbonyl (C=O) groups excluding carboxylic acids is 1. The molecule has 0 saturated heterocycles. The van der Waals surface area contributed by atoms with Gasteiger partial charge >= 0.3 is 5.97 Å². The van der Waals surface area contributed by atoms with Gasteiger partial charge in [0.05, 0.1) is 20.6 Å². The summed E-state index contributed by atoms with van der Waals surface area (Å²) in [6.45, 7) is 1.55. The zero-order valence-electron chi connectivity index (χ0n) is 13.0. The number of carboxylic acids is 1. The maximum atomic E-state index is 12.5. The number of rotatable bonds is 7. The standard InChI is InChI=1S/C16H21NO5/c1-10(16(19)20)17(12-5-6-12)15(18)9-11-4-7-13(21-2)14(8-11)22-3/h4,7-8,10,12H,5-6,9H2,1-3H3,(H,19,20). The van der Waals surface area contributed by atoms with E-state index in [-0.39, 0.29) is 18.4 Å². The molecule has 2 rings (SSSR count). The molecule has 1 aliphatic carbocycles. The Labute approximate surface area is 129 Å². The lowest BCUT2D eigenvalue weighted by atomic mass is 10.1. The van der Waals surface area contributed by atoms with Gasteiger partial charge in [0.15, 0.2) is 11.5 Å². The van der Waals surface area contributed by atoms with E-state index in [0.29, 0.717) is 11.5 Å². The fraction of sp³-hybridized carbons (Fsp3) is 0.500. The first kappa shape index (κ1) is 16.1. The molecule has 6 nitrogen and oxygen atoms in total. The van der Waals surface area contributed by atoms with Gasteiger partial charge in [-0.1, -0.05) is 6.07 Å². The summed E-state index contributed by atoms with van der Waals surface area (Å²) >= 11 is 0. The molecular weight excluding hydrogens is 286 g/mol. The number of carboxylic acid groups (broad SMARTS) is 1. The molecule has 0 radical (unpaired) electrons. The number of nitrogens with zero attached hydrogens (tertiary/aromatic N) is 1. The van der Waals surface area contributed by atoms with E-state index in [9.17, 15) is 9.59 Å². The molecule has 1 atom stereocenters. The largest absolute Gasteiger partial charge is 0.493 e. The Morgan fingerprint density at radius 3 is 2.41 bits per heavy atom. The molecule has 0 bridgehead atoms. The number of hydrogen-bond acceptors (Lipinski definition) is 4. The van der Waals surface area contributed by atoms with Crippen molar-refractivity contribution in [1.82, 2.24) is 4.90 Å². The smallest absolute Gasteiger partial charge is 0.326 e. The first-order chi connectivity index (χ1) is 10.5. The number of hydrogen-bond donors (Lipinski definition) is 1. The molecule has 0 aromatic heterocycles. The number of amides is 1. The molecular formula is C16H21NO5. The molecule has 1 aliphatic rings. The maximum Gasteiger partial charge on any atom is 0.326 e. The van der Waals surface area contributed by atoms with Crippen LogP contribution in [-0.2, 0) is 16.0 Å². The van der Waals surface area contributed by atoms with Gasteiger partial charge in [0.1, 0.15) is 6.04 Å². The summed E-state index contributed by atoms with van der Waals surface area (Å²) in [7, 11) is 3.08. The van der Waals surface area contributed by atoms with Crippen LogP contribution in [0, 0.1) is 0 Å². The van der Waals surface area contributed by atoms with Gasteiger partial charge in [0.25, 0.3) is 0 Å². The summed E-state index contributed by atoms with van der Waals surface area (Å²) in [4.78, 5) is 25.2. The van der Waals surface area contributed by atoms with Crippen molar-refractivity contribution >= 4 is 11.9 Å². The van der Waals surface area contributed by atoms with Crippen LogP contribution >= 0.6 is 0 Å². The third-order valence-electron chi connectivity index (χ3n) is 3.81. The Kier molecular flexibility index (Phi) is 4.90. The topological polar surface area (TPSA) is 76.1 Å². The molecule has 22 heavy (non-hydrogen) atoms. The number of benzene rings is 1. The molecule has 1 fully saturated rings. The number of ether oxygens (including phenoxy) is 2. The Bertz CT molecular complexity index is 568. The van der Waals surface area contributed by atoms with Crippen molar-refractivity contribution in [2.75, 3.05) is 14.2 Å². The average molecular weight is 307 g/mol. The van der Waals surface area contributed by atoms with Crippen LogP contribution in [0.5, 0.6) is 11.5 Å². The van der Waals surface area contributed by atoms with E-state index in [1.807, 2.05) is 0 Å². The quantitative estimate of drug-likeness (QED) is 0.830. The average Bonchev–Trinajstić information content (AvgIpc) is 3.31. The van der Waals surface area contributed by atoms with Crippen molar-refractivity contribution in [3.63, 3.8) is 0 Å². The highest BCUT2D eigenvalue weighted by Gasteiger charge is 2.38. The highest BCUT2D eigenvalue weighted by Crippen LogP contribution is 2.31. The van der Waals surface area contributed by atoms with Crippen LogP contribution in [-0.4, -0.2) is 48.2 Å². The Morgan fingerprint density at radius 2 is 1.91 bits per heavy atom. The molecule has 1 N–H and O–H groups in total. The summed E-state index contributed by atoms with van der Waals surface area (Å²) in [5.74, 6) is -0.00844. The minimum absolute atomic E-state index is 0.0544. The van der Waals surface area contributed by atoms with E-state index in [2.05, 4.69) is 0 Å². The van der Waals surface area contributed by atoms with Crippen molar-refractivity contribution in [3.8, 4) is 11.5 Å². The third-order valence-corrected chi connectivity index (χ3v) is 3.81. The van der Waals surface area contributed by atoms with Crippen molar-refractivity contribution in [2.24, 2.45) is 0 Å². The molecule has 1 aromatic rings. The van der Waals surface area contributed by atoms with Crippen molar-refractivity contribution in [1.29, 1.82) is 0 Å². The first-order valence-electron chi connectivity index (χ1n) is 7.22. The van der Waals surface area contributed by atoms with E-state index in [0.717, 1.165) is 18.4 Å². The van der Waals surface area contributed by atoms with Gasteiger partial charge in [-0.05, 0) is 37.5 Å². The summed E-state index contributed by atoms with van der Waals surface area (Å²) in [5, 5.41) is 9.16. The lowest BCUT2D eigenvalue weighted by molar-refractivity contribution is -0.149. The monoisotopic (exact) mass is 307 g/mol. The van der Waals surface area contributed by atoms with Crippen LogP contribution < -0.4 is 9.47 Å². The van der Waals surface area contributed by atoms with E-state index in [1.54, 1.807) is 32.2 Å². The van der Waals surface area contributed by atoms with E-state index < -0.39 is 12.0 Å². The maximum absolute atomic E-state index is 12.5. The highest BCUT2D eigenvalue weighted by molar-refractivity contribution is 5.85. The summed E-state index contributed by atoms with van der Waals surface area (Å²) in [6, 6.07) is 4.52. The van der Waals surface area contributed by atoms with E-state index in [4.69, 9.17) is 14.6 Å². The molecule has 1 aromatic carbocycles. The summed E-state index contributed by atoms with van der Waals surface area (Å²) < 4.78 is 10.4. The molecule has 0 heterocycles. The van der Waals surface area contributed by atoms with Crippen LogP contribution in [0.3, 0.4) is 0 Å². The van der Waals surface area contributed by atoms with Crippen molar-refractivity contribution in [2.45, 2.75) is 38.3 Å². The predicted octanol–water partition coefficient (Wildman–Crippen LogP) is 1.71. The fourth-order valence-electron chi connectivity index (χ4n) is 2.46. The molecule has 0 aliphatic heterocycles. The van der Waals surface area contributed by atoms with E-state index >= 15 is 0 Å². The second-order valence-corrected chi connectivity index (χ2v) is 5.41. The van der Waals surface area contributed by atoms with E-state index in [1.165, 1.54) is 12.0 Å². The number of methoxy groups -OCH3 is 2. The third kappa shape index (κ3) is 3.50. The lowest BCUT2D eigenvalue weighted by Crippen LogP contribution is -2.45. The van der Waals surface area contributed by atoms with Crippen LogP contribution in [0.25, 0.3) is 0 Å². The lowest BCUT2D eigenvalue weighted by Gasteiger charge is -2.26. The predicted molar refractivity (Wildman–Crippen MR) is 80.2 cm³/mol. The van der Waals surface area contributed by atoms with Crippen molar-refractivity contribution in [3.05, 3.63) is 23.8 Å². The van der Waals surface area contributed by atoms with Crippen LogP contribution in [0.1, 0.15) is 25.3 Å². The van der Waals surface area contributed by atoms with Crippen LogP contribution in [0.15, 0.2) is 18.2 Å². The molecule has 120 valence electrons. The Hall–Kier alpha value is -2.24. The second kappa shape index (κ2) is 6.68. The van der Waals surface area contributed by atoms with Gasteiger partial charge in [-0.15, -0.1) is 0 Å². The molecule has 1 unspecified atom stereocenters. The van der Waals surface area contributed by atoms with Gasteiger partial charge in [0.2, 0.25) is 5.91 Å². The fourth-order valence-corrected chi connectivity index (χ4v) is 2.46. The summed E-state index contributed by atoms with van der Waals surface area (Å²) in [5.41, 5.74) is 0.769. The van der Waals surface area contributed by atoms with Crippen LogP contribution in [0.2, 0.25) is 0 Å². The van der Waals surface area contributed by atoms with Gasteiger partial charge in [-0.2, -0.15) is 0 Å². The zero-order valence-corrected chi connectivity index (χ0v) is 13.0. The zero-order chi connectivity index (χ0) is 16.3. The van der Waals surface area contributed by atoms with Crippen molar-refractivity contribution < 1.29 is 24.2 Å². The minimum Gasteiger partial charge on any atom is -0.493 e. The number of carbonyl (C=O) groups is 2. The van der Waals surface area contributed by atoms with Gasteiger partial charge in [-0.3, -0.25) is 4.79 Å². The van der Waals surface area contributed by atoms with Gasteiger partial charge in [0, 0.05) is 6.04 Å². The SMILES string of the molecule is COc1ccc(CC(=O)N(C2CC2)C(C)C(=O)O)cc1OC. The Morgan fingerprint density at radius 1 is 1.27 bits per heavy atom. The number of aliphatic carboxylic acids is 1. The molecule has 1 saturated carbocycles. The molecule has 0 spiro atoms. The first-order valence-corrected chi connectivity index (χ1v) is 7.22. The molecule has 1 amide bonds. The molecule has 6 heteroatoms. The highest BCUT2D eigenvalue weighted by atomic mass is 16.5. The second-order valence-electron chi connectivity index (χ2n) is 5.41. The summed E-state index contributed by atoms with van der Waals surface area (Å²) in [6.07, 6.45) is 1.89.